The van der Waals surface area contributed by atoms with Crippen molar-refractivity contribution in [1.29, 1.82) is 0 Å². The number of carbonyl (C=O) groups excluding carboxylic acids is 1. The minimum Gasteiger partial charge on any atom is -0.396 e. The first kappa shape index (κ1) is 15.2. The van der Waals surface area contributed by atoms with Crippen molar-refractivity contribution in [1.82, 2.24) is 5.32 Å². The molecule has 0 heterocycles. The highest BCUT2D eigenvalue weighted by Crippen LogP contribution is 2.16. The van der Waals surface area contributed by atoms with Crippen LogP contribution in [0.3, 0.4) is 0 Å². The van der Waals surface area contributed by atoms with E-state index in [1.54, 1.807) is 0 Å². The van der Waals surface area contributed by atoms with Gasteiger partial charge in [-0.15, -0.1) is 0 Å². The fraction of sp³-hybridized carbons (Fsp3) is 0.500. The zero-order valence-corrected chi connectivity index (χ0v) is 12.4. The Morgan fingerprint density at radius 3 is 2.61 bits per heavy atom. The van der Waals surface area contributed by atoms with Crippen molar-refractivity contribution >= 4 is 21.8 Å². The number of rotatable bonds is 6. The number of amides is 1. The molecule has 1 aromatic carbocycles. The number of halogens is 1. The Morgan fingerprint density at radius 2 is 2.06 bits per heavy atom. The molecule has 1 aromatic rings. The standard InChI is InChI=1S/C14H20BrNO2/c1-10(2)12(9-17)14(18)16-8-7-11-5-3-4-6-13(11)15/h3-6,10,12,17H,7-9H2,1-2H3,(H,16,18). The molecule has 0 aliphatic carbocycles. The van der Waals surface area contributed by atoms with E-state index in [2.05, 4.69) is 21.2 Å². The fourth-order valence-corrected chi connectivity index (χ4v) is 2.23. The van der Waals surface area contributed by atoms with Crippen molar-refractivity contribution in [3.05, 3.63) is 34.3 Å². The topological polar surface area (TPSA) is 49.3 Å². The molecule has 0 aromatic heterocycles. The molecule has 4 heteroatoms. The van der Waals surface area contributed by atoms with E-state index in [0.717, 1.165) is 10.9 Å². The van der Waals surface area contributed by atoms with E-state index >= 15 is 0 Å². The average Bonchev–Trinajstić information content (AvgIpc) is 2.32. The smallest absolute Gasteiger partial charge is 0.225 e. The van der Waals surface area contributed by atoms with Crippen LogP contribution in [0.15, 0.2) is 28.7 Å². The number of benzene rings is 1. The van der Waals surface area contributed by atoms with Crippen LogP contribution in [0, 0.1) is 11.8 Å². The zero-order chi connectivity index (χ0) is 13.5. The fourth-order valence-electron chi connectivity index (χ4n) is 1.75. The summed E-state index contributed by atoms with van der Waals surface area (Å²) in [5.41, 5.74) is 1.17. The molecule has 0 radical (unpaired) electrons. The quantitative estimate of drug-likeness (QED) is 0.847. The molecule has 18 heavy (non-hydrogen) atoms. The maximum atomic E-state index is 11.8. The van der Waals surface area contributed by atoms with E-state index in [0.29, 0.717) is 6.54 Å². The van der Waals surface area contributed by atoms with Gasteiger partial charge >= 0.3 is 0 Å². The van der Waals surface area contributed by atoms with E-state index < -0.39 is 0 Å². The summed E-state index contributed by atoms with van der Waals surface area (Å²) < 4.78 is 1.06. The molecule has 100 valence electrons. The first-order valence-corrected chi connectivity index (χ1v) is 6.97. The molecule has 0 spiro atoms. The highest BCUT2D eigenvalue weighted by atomic mass is 79.9. The number of hydrogen-bond acceptors (Lipinski definition) is 2. The summed E-state index contributed by atoms with van der Waals surface area (Å²) in [5.74, 6) is -0.234. The molecule has 0 aliphatic heterocycles. The van der Waals surface area contributed by atoms with Crippen molar-refractivity contribution in [3.63, 3.8) is 0 Å². The van der Waals surface area contributed by atoms with E-state index in [9.17, 15) is 4.79 Å². The molecule has 1 atom stereocenters. The third-order valence-corrected chi connectivity index (χ3v) is 3.76. The molecular weight excluding hydrogens is 294 g/mol. The van der Waals surface area contributed by atoms with Crippen LogP contribution >= 0.6 is 15.9 Å². The van der Waals surface area contributed by atoms with Crippen molar-refractivity contribution in [2.45, 2.75) is 20.3 Å². The molecule has 0 bridgehead atoms. The number of nitrogens with one attached hydrogen (secondary N) is 1. The van der Waals surface area contributed by atoms with Gasteiger partial charge in [0.05, 0.1) is 12.5 Å². The Hall–Kier alpha value is -0.870. The first-order chi connectivity index (χ1) is 8.56. The second-order valence-electron chi connectivity index (χ2n) is 4.67. The summed E-state index contributed by atoms with van der Waals surface area (Å²) in [6.45, 7) is 4.37. The van der Waals surface area contributed by atoms with Crippen molar-refractivity contribution in [2.75, 3.05) is 13.2 Å². The van der Waals surface area contributed by atoms with Crippen LogP contribution < -0.4 is 5.32 Å². The van der Waals surface area contributed by atoms with Crippen LogP contribution in [-0.4, -0.2) is 24.2 Å². The van der Waals surface area contributed by atoms with Crippen molar-refractivity contribution < 1.29 is 9.90 Å². The number of aliphatic hydroxyl groups excluding tert-OH is 1. The highest BCUT2D eigenvalue weighted by molar-refractivity contribution is 9.10. The molecule has 3 nitrogen and oxygen atoms in total. The van der Waals surface area contributed by atoms with E-state index in [-0.39, 0.29) is 24.3 Å². The summed E-state index contributed by atoms with van der Waals surface area (Å²) in [6.07, 6.45) is 0.781. The monoisotopic (exact) mass is 313 g/mol. The highest BCUT2D eigenvalue weighted by Gasteiger charge is 2.20. The SMILES string of the molecule is CC(C)C(CO)C(=O)NCCc1ccccc1Br. The van der Waals surface area contributed by atoms with E-state index in [4.69, 9.17) is 5.11 Å². The van der Waals surface area contributed by atoms with Crippen LogP contribution in [0.5, 0.6) is 0 Å². The minimum absolute atomic E-state index is 0.0699. The molecule has 0 fully saturated rings. The lowest BCUT2D eigenvalue weighted by Gasteiger charge is -2.17. The van der Waals surface area contributed by atoms with Gasteiger partial charge in [0.15, 0.2) is 0 Å². The molecule has 0 aliphatic rings. The lowest BCUT2D eigenvalue weighted by molar-refractivity contribution is -0.127. The molecule has 0 saturated carbocycles. The summed E-state index contributed by atoms with van der Waals surface area (Å²) in [5, 5.41) is 12.0. The van der Waals surface area contributed by atoms with Gasteiger partial charge in [-0.05, 0) is 24.0 Å². The molecule has 0 saturated heterocycles. The molecule has 1 amide bonds. The second kappa shape index (κ2) is 7.54. The Bertz CT molecular complexity index is 393. The lowest BCUT2D eigenvalue weighted by Crippen LogP contribution is -2.36. The predicted molar refractivity (Wildman–Crippen MR) is 76.3 cm³/mol. The van der Waals surface area contributed by atoms with Gasteiger partial charge in [-0.3, -0.25) is 4.79 Å². The largest absolute Gasteiger partial charge is 0.396 e. The van der Waals surface area contributed by atoms with Gasteiger partial charge in [-0.1, -0.05) is 48.0 Å². The number of aliphatic hydroxyl groups is 1. The first-order valence-electron chi connectivity index (χ1n) is 6.18. The van der Waals surface area contributed by atoms with E-state index in [1.807, 2.05) is 38.1 Å². The van der Waals surface area contributed by atoms with Crippen LogP contribution in [-0.2, 0) is 11.2 Å². The lowest BCUT2D eigenvalue weighted by atomic mass is 9.96. The minimum atomic E-state index is -0.316. The molecular formula is C14H20BrNO2. The maximum Gasteiger partial charge on any atom is 0.225 e. The molecule has 2 N–H and O–H groups in total. The Labute approximate surface area is 117 Å². The third kappa shape index (κ3) is 4.42. The van der Waals surface area contributed by atoms with Crippen molar-refractivity contribution in [3.8, 4) is 0 Å². The second-order valence-corrected chi connectivity index (χ2v) is 5.52. The zero-order valence-electron chi connectivity index (χ0n) is 10.8. The van der Waals surface area contributed by atoms with Gasteiger partial charge in [0.1, 0.15) is 0 Å². The maximum absolute atomic E-state index is 11.8. The molecule has 1 unspecified atom stereocenters. The average molecular weight is 314 g/mol. The van der Waals surface area contributed by atoms with Crippen molar-refractivity contribution in [2.24, 2.45) is 11.8 Å². The summed E-state index contributed by atoms with van der Waals surface area (Å²) in [4.78, 5) is 11.8. The van der Waals surface area contributed by atoms with Crippen LogP contribution in [0.25, 0.3) is 0 Å². The summed E-state index contributed by atoms with van der Waals surface area (Å²) in [7, 11) is 0. The van der Waals surface area contributed by atoms with E-state index in [1.165, 1.54) is 5.56 Å². The van der Waals surface area contributed by atoms with Gasteiger partial charge in [0.25, 0.3) is 0 Å². The summed E-state index contributed by atoms with van der Waals surface area (Å²) >= 11 is 3.48. The summed E-state index contributed by atoms with van der Waals surface area (Å²) in [6, 6.07) is 7.96. The van der Waals surface area contributed by atoms with Gasteiger partial charge in [-0.25, -0.2) is 0 Å². The number of carbonyl (C=O) groups is 1. The Balaban J connectivity index is 2.42. The van der Waals surface area contributed by atoms with Gasteiger partial charge in [0, 0.05) is 11.0 Å². The normalized spacial score (nSPS) is 12.5. The van der Waals surface area contributed by atoms with Crippen LogP contribution in [0.2, 0.25) is 0 Å². The molecule has 1 rings (SSSR count). The Morgan fingerprint density at radius 1 is 1.39 bits per heavy atom. The third-order valence-electron chi connectivity index (χ3n) is 2.99. The number of hydrogen-bond donors (Lipinski definition) is 2. The van der Waals surface area contributed by atoms with Crippen LogP contribution in [0.1, 0.15) is 19.4 Å². The van der Waals surface area contributed by atoms with Gasteiger partial charge < -0.3 is 10.4 Å². The predicted octanol–water partition coefficient (Wildman–Crippen LogP) is 2.37. The van der Waals surface area contributed by atoms with Gasteiger partial charge in [-0.2, -0.15) is 0 Å². The van der Waals surface area contributed by atoms with Gasteiger partial charge in [0.2, 0.25) is 5.91 Å². The Kier molecular flexibility index (Phi) is 6.36. The van der Waals surface area contributed by atoms with Crippen LogP contribution in [0.4, 0.5) is 0 Å².